The minimum atomic E-state index is -3.71. The van der Waals surface area contributed by atoms with Gasteiger partial charge in [-0.1, -0.05) is 60.7 Å². The van der Waals surface area contributed by atoms with E-state index in [9.17, 15) is 13.2 Å². The quantitative estimate of drug-likeness (QED) is 0.669. The molecular weight excluding hydrogens is 386 g/mol. The van der Waals surface area contributed by atoms with E-state index in [1.54, 1.807) is 56.4 Å². The van der Waals surface area contributed by atoms with Gasteiger partial charge in [-0.05, 0) is 31.0 Å². The van der Waals surface area contributed by atoms with Crippen molar-refractivity contribution in [1.82, 2.24) is 14.5 Å². The van der Waals surface area contributed by atoms with Crippen LogP contribution >= 0.6 is 0 Å². The summed E-state index contributed by atoms with van der Waals surface area (Å²) in [7, 11) is 1.38. The Morgan fingerprint density at radius 3 is 2.03 bits per heavy atom. The zero-order chi connectivity index (χ0) is 21.6. The second-order valence-corrected chi connectivity index (χ2v) is 8.94. The Morgan fingerprint density at radius 2 is 1.52 bits per heavy atom. The summed E-state index contributed by atoms with van der Waals surface area (Å²) in [6.45, 7) is 6.02. The molecule has 0 heterocycles. The number of rotatable bonds is 8. The molecule has 0 radical (unpaired) electrons. The molecule has 7 heteroatoms. The van der Waals surface area contributed by atoms with Crippen LogP contribution in [0, 0.1) is 0 Å². The van der Waals surface area contributed by atoms with Gasteiger partial charge in [0, 0.05) is 21.1 Å². The third kappa shape index (κ3) is 5.92. The van der Waals surface area contributed by atoms with Gasteiger partial charge in [-0.15, -0.1) is 0 Å². The van der Waals surface area contributed by atoms with E-state index in [2.05, 4.69) is 11.3 Å². The lowest BCUT2D eigenvalue weighted by atomic mass is 9.96. The molecule has 2 aromatic rings. The lowest BCUT2D eigenvalue weighted by molar-refractivity contribution is 0.172. The van der Waals surface area contributed by atoms with Gasteiger partial charge in [-0.2, -0.15) is 0 Å². The van der Waals surface area contributed by atoms with Gasteiger partial charge in [-0.3, -0.25) is 0 Å². The lowest BCUT2D eigenvalue weighted by Gasteiger charge is -2.31. The molecule has 0 fully saturated rings. The van der Waals surface area contributed by atoms with Gasteiger partial charge in [-0.25, -0.2) is 17.9 Å². The summed E-state index contributed by atoms with van der Waals surface area (Å²) in [5, 5.41) is 0. The largest absolute Gasteiger partial charge is 0.331 e. The molecule has 2 aromatic carbocycles. The highest BCUT2D eigenvalue weighted by atomic mass is 32.2. The van der Waals surface area contributed by atoms with Gasteiger partial charge >= 0.3 is 6.03 Å². The minimum absolute atomic E-state index is 0.139. The number of sulfonamides is 1. The van der Waals surface area contributed by atoms with Crippen molar-refractivity contribution in [2.75, 3.05) is 21.1 Å². The van der Waals surface area contributed by atoms with Crippen molar-refractivity contribution < 1.29 is 13.2 Å². The molecule has 2 rings (SSSR count). The SMILES string of the molecule is C=C(C[C@H](NS(=O)(=O)c1ccccc1)c1ccccc1)[C@@H](C)N(C)C(=O)N(C)C. The van der Waals surface area contributed by atoms with Crippen molar-refractivity contribution in [2.45, 2.75) is 30.3 Å². The Hall–Kier alpha value is -2.64. The first-order valence-corrected chi connectivity index (χ1v) is 10.9. The van der Waals surface area contributed by atoms with E-state index in [-0.39, 0.29) is 17.0 Å². The van der Waals surface area contributed by atoms with Crippen LogP contribution in [0.15, 0.2) is 77.7 Å². The lowest BCUT2D eigenvalue weighted by Crippen LogP contribution is -2.43. The van der Waals surface area contributed by atoms with E-state index >= 15 is 0 Å². The van der Waals surface area contributed by atoms with Crippen molar-refractivity contribution >= 4 is 16.1 Å². The molecule has 156 valence electrons. The summed E-state index contributed by atoms with van der Waals surface area (Å²) in [6, 6.07) is 16.8. The van der Waals surface area contributed by atoms with Crippen LogP contribution in [0.3, 0.4) is 0 Å². The number of hydrogen-bond acceptors (Lipinski definition) is 3. The number of urea groups is 1. The normalized spacial score (nSPS) is 13.4. The summed E-state index contributed by atoms with van der Waals surface area (Å²) >= 11 is 0. The third-order valence-electron chi connectivity index (χ3n) is 4.88. The molecule has 0 spiro atoms. The number of hydrogen-bond donors (Lipinski definition) is 1. The summed E-state index contributed by atoms with van der Waals surface area (Å²) in [5.74, 6) is 0. The number of likely N-dealkylation sites (N-methyl/N-ethyl adjacent to an activating group) is 1. The van der Waals surface area contributed by atoms with E-state index in [0.29, 0.717) is 6.42 Å². The van der Waals surface area contributed by atoms with Crippen molar-refractivity contribution in [3.05, 3.63) is 78.4 Å². The van der Waals surface area contributed by atoms with Crippen LogP contribution in [-0.4, -0.2) is 51.4 Å². The van der Waals surface area contributed by atoms with Crippen molar-refractivity contribution in [1.29, 1.82) is 0 Å². The van der Waals surface area contributed by atoms with Crippen molar-refractivity contribution in [2.24, 2.45) is 0 Å². The van der Waals surface area contributed by atoms with E-state index in [0.717, 1.165) is 11.1 Å². The molecule has 0 aliphatic heterocycles. The molecule has 2 amide bonds. The second-order valence-electron chi connectivity index (χ2n) is 7.22. The Morgan fingerprint density at radius 1 is 1.00 bits per heavy atom. The predicted octanol–water partition coefficient (Wildman–Crippen LogP) is 3.65. The minimum Gasteiger partial charge on any atom is -0.331 e. The number of nitrogens with one attached hydrogen (secondary N) is 1. The van der Waals surface area contributed by atoms with Crippen LogP contribution in [0.4, 0.5) is 4.79 Å². The molecule has 29 heavy (non-hydrogen) atoms. The number of amides is 2. The number of carbonyl (C=O) groups is 1. The Balaban J connectivity index is 2.26. The maximum absolute atomic E-state index is 12.9. The zero-order valence-corrected chi connectivity index (χ0v) is 18.2. The Bertz CT molecular complexity index is 928. The number of benzene rings is 2. The molecular formula is C22H29N3O3S. The molecule has 6 nitrogen and oxygen atoms in total. The molecule has 0 aliphatic carbocycles. The standard InChI is InChI=1S/C22H29N3O3S/c1-17(18(2)25(5)22(26)24(3)4)16-21(19-12-8-6-9-13-19)23-29(27,28)20-14-10-7-11-15-20/h6-15,18,21,23H,1,16H2,2-5H3/t18-,21+/m1/s1. The summed E-state index contributed by atoms with van der Waals surface area (Å²) in [4.78, 5) is 15.6. The van der Waals surface area contributed by atoms with Crippen LogP contribution in [-0.2, 0) is 10.0 Å². The van der Waals surface area contributed by atoms with Crippen molar-refractivity contribution in [3.8, 4) is 0 Å². The third-order valence-corrected chi connectivity index (χ3v) is 6.36. The fraction of sp³-hybridized carbons (Fsp3) is 0.318. The molecule has 0 bridgehead atoms. The summed E-state index contributed by atoms with van der Waals surface area (Å²) < 4.78 is 28.6. The Labute approximate surface area is 173 Å². The van der Waals surface area contributed by atoms with Crippen molar-refractivity contribution in [3.63, 3.8) is 0 Å². The first-order chi connectivity index (χ1) is 13.6. The van der Waals surface area contributed by atoms with Gasteiger partial charge in [0.2, 0.25) is 10.0 Å². The van der Waals surface area contributed by atoms with Crippen LogP contribution in [0.25, 0.3) is 0 Å². The summed E-state index contributed by atoms with van der Waals surface area (Å²) in [5.41, 5.74) is 1.59. The Kier molecular flexibility index (Phi) is 7.59. The molecule has 0 unspecified atom stereocenters. The van der Waals surface area contributed by atoms with Crippen LogP contribution < -0.4 is 4.72 Å². The maximum atomic E-state index is 12.9. The van der Waals surface area contributed by atoms with E-state index in [4.69, 9.17) is 0 Å². The highest BCUT2D eigenvalue weighted by molar-refractivity contribution is 7.89. The smallest absolute Gasteiger partial charge is 0.319 e. The van der Waals surface area contributed by atoms with E-state index in [1.165, 1.54) is 4.90 Å². The second kappa shape index (κ2) is 9.71. The number of nitrogens with zero attached hydrogens (tertiary/aromatic N) is 2. The summed E-state index contributed by atoms with van der Waals surface area (Å²) in [6.07, 6.45) is 0.363. The topological polar surface area (TPSA) is 69.7 Å². The maximum Gasteiger partial charge on any atom is 0.319 e. The van der Waals surface area contributed by atoms with E-state index < -0.39 is 16.1 Å². The average molecular weight is 416 g/mol. The molecule has 0 saturated carbocycles. The molecule has 0 saturated heterocycles. The monoisotopic (exact) mass is 415 g/mol. The first-order valence-electron chi connectivity index (χ1n) is 9.37. The fourth-order valence-electron chi connectivity index (χ4n) is 2.96. The highest BCUT2D eigenvalue weighted by Gasteiger charge is 2.26. The number of carbonyl (C=O) groups excluding carboxylic acids is 1. The molecule has 1 N–H and O–H groups in total. The molecule has 0 aliphatic rings. The van der Waals surface area contributed by atoms with E-state index in [1.807, 2.05) is 37.3 Å². The molecule has 2 atom stereocenters. The van der Waals surface area contributed by atoms with Gasteiger partial charge < -0.3 is 9.80 Å². The molecule has 0 aromatic heterocycles. The first kappa shape index (κ1) is 22.6. The van der Waals surface area contributed by atoms with Gasteiger partial charge in [0.1, 0.15) is 0 Å². The fourth-order valence-corrected chi connectivity index (χ4v) is 4.20. The van der Waals surface area contributed by atoms with Gasteiger partial charge in [0.05, 0.1) is 17.0 Å². The predicted molar refractivity (Wildman–Crippen MR) is 116 cm³/mol. The average Bonchev–Trinajstić information content (AvgIpc) is 2.72. The van der Waals surface area contributed by atoms with Crippen LogP contribution in [0.5, 0.6) is 0 Å². The van der Waals surface area contributed by atoms with Gasteiger partial charge in [0.25, 0.3) is 0 Å². The highest BCUT2D eigenvalue weighted by Crippen LogP contribution is 2.26. The van der Waals surface area contributed by atoms with Crippen LogP contribution in [0.2, 0.25) is 0 Å². The van der Waals surface area contributed by atoms with Crippen LogP contribution in [0.1, 0.15) is 24.9 Å². The van der Waals surface area contributed by atoms with Gasteiger partial charge in [0.15, 0.2) is 0 Å². The zero-order valence-electron chi connectivity index (χ0n) is 17.4.